The predicted octanol–water partition coefficient (Wildman–Crippen LogP) is 2.89. The number of esters is 1. The highest BCUT2D eigenvalue weighted by atomic mass is 79.9. The van der Waals surface area contributed by atoms with Crippen LogP contribution in [0.2, 0.25) is 0 Å². The molecule has 80 valence electrons. The molecule has 1 aliphatic heterocycles. The number of fused-ring (bicyclic) bond motifs is 1. The maximum Gasteiger partial charge on any atom is 0.323 e. The first-order valence-corrected chi connectivity index (χ1v) is 6.21. The molecule has 1 heterocycles. The molecule has 1 saturated carbocycles. The Morgan fingerprint density at radius 1 is 1.36 bits per heavy atom. The van der Waals surface area contributed by atoms with E-state index >= 15 is 0 Å². The maximum atomic E-state index is 11.6. The first-order valence-electron chi connectivity index (χ1n) is 5.42. The summed E-state index contributed by atoms with van der Waals surface area (Å²) in [6, 6.07) is 0. The highest BCUT2D eigenvalue weighted by Gasteiger charge is 2.52. The number of carbonyl (C=O) groups is 1. The summed E-state index contributed by atoms with van der Waals surface area (Å²) in [5.74, 6) is 1.09. The van der Waals surface area contributed by atoms with Gasteiger partial charge in [0.15, 0.2) is 0 Å². The Morgan fingerprint density at radius 3 is 2.71 bits per heavy atom. The Bertz CT molecular complexity index is 250. The maximum absolute atomic E-state index is 11.6. The number of alkyl halides is 1. The van der Waals surface area contributed by atoms with E-state index in [0.717, 1.165) is 18.8 Å². The van der Waals surface area contributed by atoms with Crippen molar-refractivity contribution in [3.05, 3.63) is 0 Å². The standard InChI is InChI=1S/C11H17BrO2/c1-7-3-5-8-9(6-4-7)14-10(13)11(8,2)12/h7-9H,3-6H2,1-2H3/t7-,8-,9+,11-/m1/s1. The van der Waals surface area contributed by atoms with Crippen LogP contribution in [0.1, 0.15) is 39.5 Å². The molecule has 0 aromatic carbocycles. The molecule has 1 aliphatic carbocycles. The summed E-state index contributed by atoms with van der Waals surface area (Å²) in [4.78, 5) is 11.6. The summed E-state index contributed by atoms with van der Waals surface area (Å²) in [6.45, 7) is 4.24. The zero-order valence-electron chi connectivity index (χ0n) is 8.75. The fourth-order valence-electron chi connectivity index (χ4n) is 2.61. The third kappa shape index (κ3) is 1.60. The van der Waals surface area contributed by atoms with Crippen LogP contribution in [-0.2, 0) is 9.53 Å². The van der Waals surface area contributed by atoms with Gasteiger partial charge < -0.3 is 4.74 Å². The minimum absolute atomic E-state index is 0.0675. The Hall–Kier alpha value is -0.0500. The van der Waals surface area contributed by atoms with Crippen LogP contribution in [0.5, 0.6) is 0 Å². The average molecular weight is 261 g/mol. The average Bonchev–Trinajstić information content (AvgIpc) is 2.25. The molecule has 0 aromatic heterocycles. The number of hydrogen-bond donors (Lipinski definition) is 0. The van der Waals surface area contributed by atoms with E-state index in [9.17, 15) is 4.79 Å². The van der Waals surface area contributed by atoms with Crippen LogP contribution in [0, 0.1) is 11.8 Å². The molecular formula is C11H17BrO2. The van der Waals surface area contributed by atoms with Crippen LogP contribution >= 0.6 is 15.9 Å². The van der Waals surface area contributed by atoms with Crippen molar-refractivity contribution in [2.75, 3.05) is 0 Å². The number of ether oxygens (including phenoxy) is 1. The molecule has 0 amide bonds. The third-order valence-corrected chi connectivity index (χ3v) is 4.63. The van der Waals surface area contributed by atoms with Crippen LogP contribution in [0.4, 0.5) is 0 Å². The van der Waals surface area contributed by atoms with Gasteiger partial charge in [-0.15, -0.1) is 0 Å². The molecule has 1 saturated heterocycles. The number of halogens is 1. The fourth-order valence-corrected chi connectivity index (χ4v) is 3.23. The summed E-state index contributed by atoms with van der Waals surface area (Å²) in [6.07, 6.45) is 4.73. The van der Waals surface area contributed by atoms with Crippen molar-refractivity contribution in [3.8, 4) is 0 Å². The van der Waals surface area contributed by atoms with Crippen molar-refractivity contribution < 1.29 is 9.53 Å². The molecule has 2 nitrogen and oxygen atoms in total. The molecule has 0 radical (unpaired) electrons. The van der Waals surface area contributed by atoms with Gasteiger partial charge in [-0.05, 0) is 32.1 Å². The summed E-state index contributed by atoms with van der Waals surface area (Å²) in [5, 5.41) is 0. The van der Waals surface area contributed by atoms with E-state index < -0.39 is 4.32 Å². The summed E-state index contributed by atoms with van der Waals surface area (Å²) < 4.78 is 4.99. The predicted molar refractivity (Wildman–Crippen MR) is 58.3 cm³/mol. The largest absolute Gasteiger partial charge is 0.461 e. The van der Waals surface area contributed by atoms with Gasteiger partial charge >= 0.3 is 5.97 Å². The fraction of sp³-hybridized carbons (Fsp3) is 0.909. The van der Waals surface area contributed by atoms with E-state index in [1.165, 1.54) is 12.8 Å². The van der Waals surface area contributed by atoms with Gasteiger partial charge in [0, 0.05) is 5.92 Å². The molecule has 0 unspecified atom stereocenters. The molecular weight excluding hydrogens is 244 g/mol. The Morgan fingerprint density at radius 2 is 2.00 bits per heavy atom. The van der Waals surface area contributed by atoms with Crippen LogP contribution in [0.15, 0.2) is 0 Å². The van der Waals surface area contributed by atoms with Crippen molar-refractivity contribution in [1.29, 1.82) is 0 Å². The Labute approximate surface area is 93.5 Å². The topological polar surface area (TPSA) is 26.3 Å². The second-order valence-electron chi connectivity index (χ2n) is 4.89. The van der Waals surface area contributed by atoms with Crippen molar-refractivity contribution in [2.45, 2.75) is 50.0 Å². The number of carbonyl (C=O) groups excluding carboxylic acids is 1. The van der Waals surface area contributed by atoms with Gasteiger partial charge in [-0.2, -0.15) is 0 Å². The molecule has 14 heavy (non-hydrogen) atoms. The van der Waals surface area contributed by atoms with Crippen LogP contribution in [0.3, 0.4) is 0 Å². The summed E-state index contributed by atoms with van der Waals surface area (Å²) in [7, 11) is 0. The van der Waals surface area contributed by atoms with Crippen LogP contribution in [0.25, 0.3) is 0 Å². The van der Waals surface area contributed by atoms with E-state index in [1.54, 1.807) is 0 Å². The second kappa shape index (κ2) is 3.51. The number of hydrogen-bond acceptors (Lipinski definition) is 2. The first-order chi connectivity index (χ1) is 6.51. The van der Waals surface area contributed by atoms with Gasteiger partial charge in [0.05, 0.1) is 0 Å². The molecule has 0 aromatic rings. The molecule has 0 spiro atoms. The smallest absolute Gasteiger partial charge is 0.323 e. The van der Waals surface area contributed by atoms with Crippen LogP contribution < -0.4 is 0 Å². The lowest BCUT2D eigenvalue weighted by molar-refractivity contribution is -0.143. The molecule has 4 atom stereocenters. The molecule has 0 N–H and O–H groups in total. The summed E-state index contributed by atoms with van der Waals surface area (Å²) >= 11 is 3.53. The van der Waals surface area contributed by atoms with Gasteiger partial charge in [0.25, 0.3) is 0 Å². The summed E-state index contributed by atoms with van der Waals surface area (Å²) in [5.41, 5.74) is 0. The quantitative estimate of drug-likeness (QED) is 0.495. The second-order valence-corrected chi connectivity index (χ2v) is 6.53. The van der Waals surface area contributed by atoms with E-state index in [0.29, 0.717) is 5.92 Å². The van der Waals surface area contributed by atoms with Gasteiger partial charge in [-0.3, -0.25) is 4.79 Å². The molecule has 3 heteroatoms. The highest BCUT2D eigenvalue weighted by Crippen LogP contribution is 2.45. The monoisotopic (exact) mass is 260 g/mol. The third-order valence-electron chi connectivity index (χ3n) is 3.72. The Balaban J connectivity index is 2.17. The lowest BCUT2D eigenvalue weighted by atomic mass is 9.88. The zero-order valence-corrected chi connectivity index (χ0v) is 10.3. The van der Waals surface area contributed by atoms with Crippen LogP contribution in [-0.4, -0.2) is 16.4 Å². The van der Waals surface area contributed by atoms with E-state index in [4.69, 9.17) is 4.74 Å². The van der Waals surface area contributed by atoms with E-state index in [1.807, 2.05) is 6.92 Å². The zero-order chi connectivity index (χ0) is 10.3. The minimum Gasteiger partial charge on any atom is -0.461 e. The first kappa shape index (κ1) is 10.5. The lowest BCUT2D eigenvalue weighted by Gasteiger charge is -2.21. The molecule has 2 rings (SSSR count). The van der Waals surface area contributed by atoms with Crippen molar-refractivity contribution >= 4 is 21.9 Å². The van der Waals surface area contributed by atoms with Gasteiger partial charge in [-0.25, -0.2) is 0 Å². The number of rotatable bonds is 0. The normalized spacial score (nSPS) is 48.2. The van der Waals surface area contributed by atoms with E-state index in [-0.39, 0.29) is 12.1 Å². The van der Waals surface area contributed by atoms with Gasteiger partial charge in [-0.1, -0.05) is 29.3 Å². The Kier molecular flexibility index (Phi) is 2.63. The van der Waals surface area contributed by atoms with Crippen molar-refractivity contribution in [2.24, 2.45) is 11.8 Å². The van der Waals surface area contributed by atoms with Gasteiger partial charge in [0.1, 0.15) is 10.4 Å². The SMILES string of the molecule is C[C@H]1CC[C@@H]2OC(=O)[C@](C)(Br)[C@@H]2CC1. The van der Waals surface area contributed by atoms with Gasteiger partial charge in [0.2, 0.25) is 0 Å². The molecule has 0 bridgehead atoms. The highest BCUT2D eigenvalue weighted by molar-refractivity contribution is 9.10. The molecule has 2 fully saturated rings. The lowest BCUT2D eigenvalue weighted by Crippen LogP contribution is -2.31. The van der Waals surface area contributed by atoms with Crippen molar-refractivity contribution in [1.82, 2.24) is 0 Å². The van der Waals surface area contributed by atoms with Crippen molar-refractivity contribution in [3.63, 3.8) is 0 Å². The van der Waals surface area contributed by atoms with E-state index in [2.05, 4.69) is 22.9 Å². The molecule has 2 aliphatic rings. The minimum atomic E-state index is -0.429.